The van der Waals surface area contributed by atoms with Gasteiger partial charge in [-0.05, 0) is 63.9 Å². The zero-order valence-corrected chi connectivity index (χ0v) is 13.5. The van der Waals surface area contributed by atoms with Gasteiger partial charge in [0.2, 0.25) is 5.88 Å². The molecule has 0 radical (unpaired) electrons. The van der Waals surface area contributed by atoms with E-state index in [9.17, 15) is 0 Å². The van der Waals surface area contributed by atoms with E-state index in [0.29, 0.717) is 5.88 Å². The lowest BCUT2D eigenvalue weighted by Gasteiger charge is -2.20. The van der Waals surface area contributed by atoms with Crippen molar-refractivity contribution in [3.8, 4) is 11.6 Å². The average molecular weight is 284 g/mol. The molecule has 0 saturated heterocycles. The predicted octanol–water partition coefficient (Wildman–Crippen LogP) is 4.38. The lowest BCUT2D eigenvalue weighted by atomic mass is 10.1. The fourth-order valence-electron chi connectivity index (χ4n) is 2.08. The van der Waals surface area contributed by atoms with E-state index < -0.39 is 0 Å². The van der Waals surface area contributed by atoms with Gasteiger partial charge in [-0.1, -0.05) is 12.1 Å². The first-order valence-corrected chi connectivity index (χ1v) is 7.29. The highest BCUT2D eigenvalue weighted by Crippen LogP contribution is 2.22. The van der Waals surface area contributed by atoms with Crippen molar-refractivity contribution in [1.82, 2.24) is 10.3 Å². The number of aromatic nitrogens is 1. The highest BCUT2D eigenvalue weighted by Gasteiger charge is 2.09. The molecule has 1 N–H and O–H groups in total. The van der Waals surface area contributed by atoms with Gasteiger partial charge in [-0.3, -0.25) is 0 Å². The summed E-state index contributed by atoms with van der Waals surface area (Å²) in [6.45, 7) is 11.3. The summed E-state index contributed by atoms with van der Waals surface area (Å²) in [5.74, 6) is 1.47. The second kappa shape index (κ2) is 6.27. The maximum atomic E-state index is 5.87. The predicted molar refractivity (Wildman–Crippen MR) is 86.8 cm³/mol. The van der Waals surface area contributed by atoms with E-state index in [1.807, 2.05) is 30.3 Å². The fourth-order valence-corrected chi connectivity index (χ4v) is 2.08. The van der Waals surface area contributed by atoms with Gasteiger partial charge < -0.3 is 10.1 Å². The molecule has 0 unspecified atom stereocenters. The van der Waals surface area contributed by atoms with E-state index in [2.05, 4.69) is 51.0 Å². The van der Waals surface area contributed by atoms with Crippen LogP contribution in [0.25, 0.3) is 0 Å². The van der Waals surface area contributed by atoms with Gasteiger partial charge in [-0.2, -0.15) is 0 Å². The largest absolute Gasteiger partial charge is 0.439 e. The smallest absolute Gasteiger partial charge is 0.219 e. The molecular formula is C18H24N2O. The van der Waals surface area contributed by atoms with Crippen LogP contribution in [0.5, 0.6) is 11.6 Å². The number of nitrogens with zero attached hydrogens (tertiary/aromatic N) is 1. The van der Waals surface area contributed by atoms with Crippen LogP contribution in [0.1, 0.15) is 37.6 Å². The first-order valence-electron chi connectivity index (χ1n) is 7.29. The van der Waals surface area contributed by atoms with E-state index in [1.54, 1.807) is 0 Å². The number of aryl methyl sites for hydroxylation is 2. The number of pyridine rings is 1. The third-order valence-electron chi connectivity index (χ3n) is 3.00. The Hall–Kier alpha value is -1.87. The number of rotatable bonds is 4. The number of hydrogen-bond donors (Lipinski definition) is 1. The molecule has 0 amide bonds. The quantitative estimate of drug-likeness (QED) is 0.904. The average Bonchev–Trinajstić information content (AvgIpc) is 2.35. The first-order chi connectivity index (χ1) is 9.82. The van der Waals surface area contributed by atoms with Crippen molar-refractivity contribution >= 4 is 0 Å². The Balaban J connectivity index is 2.10. The standard InChI is InChI=1S/C18H24N2O/c1-13-9-14(2)11-16(10-13)21-17-8-6-7-15(20-17)12-19-18(3,4)5/h6-11,19H,12H2,1-5H3. The van der Waals surface area contributed by atoms with Gasteiger partial charge in [0.1, 0.15) is 5.75 Å². The molecule has 0 saturated carbocycles. The van der Waals surface area contributed by atoms with Crippen molar-refractivity contribution < 1.29 is 4.74 Å². The molecule has 1 heterocycles. The summed E-state index contributed by atoms with van der Waals surface area (Å²) in [7, 11) is 0. The first kappa shape index (κ1) is 15.5. The van der Waals surface area contributed by atoms with Crippen LogP contribution in [-0.4, -0.2) is 10.5 Å². The number of hydrogen-bond acceptors (Lipinski definition) is 3. The van der Waals surface area contributed by atoms with E-state index in [-0.39, 0.29) is 5.54 Å². The van der Waals surface area contributed by atoms with Crippen LogP contribution < -0.4 is 10.1 Å². The van der Waals surface area contributed by atoms with Crippen LogP contribution in [0.3, 0.4) is 0 Å². The Bertz CT molecular complexity index is 595. The van der Waals surface area contributed by atoms with E-state index >= 15 is 0 Å². The van der Waals surface area contributed by atoms with Gasteiger partial charge >= 0.3 is 0 Å². The highest BCUT2D eigenvalue weighted by atomic mass is 16.5. The summed E-state index contributed by atoms with van der Waals surface area (Å²) in [6, 6.07) is 12.0. The van der Waals surface area contributed by atoms with Gasteiger partial charge in [-0.25, -0.2) is 4.98 Å². The minimum atomic E-state index is 0.0756. The van der Waals surface area contributed by atoms with Crippen LogP contribution in [0.4, 0.5) is 0 Å². The second-order valence-electron chi connectivity index (χ2n) is 6.50. The van der Waals surface area contributed by atoms with Crippen LogP contribution >= 0.6 is 0 Å². The Morgan fingerprint density at radius 2 is 1.71 bits per heavy atom. The monoisotopic (exact) mass is 284 g/mol. The molecule has 0 aliphatic heterocycles. The van der Waals surface area contributed by atoms with Crippen molar-refractivity contribution in [1.29, 1.82) is 0 Å². The maximum Gasteiger partial charge on any atom is 0.219 e. The molecular weight excluding hydrogens is 260 g/mol. The molecule has 1 aromatic heterocycles. The van der Waals surface area contributed by atoms with Gasteiger partial charge in [0, 0.05) is 18.2 Å². The number of nitrogens with one attached hydrogen (secondary N) is 1. The fraction of sp³-hybridized carbons (Fsp3) is 0.389. The van der Waals surface area contributed by atoms with Crippen LogP contribution in [0, 0.1) is 13.8 Å². The molecule has 0 aliphatic rings. The molecule has 0 fully saturated rings. The van der Waals surface area contributed by atoms with Gasteiger partial charge in [-0.15, -0.1) is 0 Å². The minimum Gasteiger partial charge on any atom is -0.439 e. The Morgan fingerprint density at radius 3 is 2.33 bits per heavy atom. The van der Waals surface area contributed by atoms with Crippen molar-refractivity contribution in [3.05, 3.63) is 53.2 Å². The molecule has 2 aromatic rings. The Morgan fingerprint density at radius 1 is 1.05 bits per heavy atom. The van der Waals surface area contributed by atoms with E-state index in [1.165, 1.54) is 11.1 Å². The Kier molecular flexibility index (Phi) is 4.63. The highest BCUT2D eigenvalue weighted by molar-refractivity contribution is 5.35. The second-order valence-corrected chi connectivity index (χ2v) is 6.50. The number of benzene rings is 1. The molecule has 3 heteroatoms. The lowest BCUT2D eigenvalue weighted by molar-refractivity contribution is 0.416. The zero-order valence-electron chi connectivity index (χ0n) is 13.5. The summed E-state index contributed by atoms with van der Waals surface area (Å²) < 4.78 is 5.87. The minimum absolute atomic E-state index is 0.0756. The van der Waals surface area contributed by atoms with Crippen molar-refractivity contribution in [2.24, 2.45) is 0 Å². The normalized spacial score (nSPS) is 11.5. The molecule has 112 valence electrons. The van der Waals surface area contributed by atoms with E-state index in [4.69, 9.17) is 4.74 Å². The Labute approximate surface area is 127 Å². The molecule has 3 nitrogen and oxygen atoms in total. The summed E-state index contributed by atoms with van der Waals surface area (Å²) in [6.07, 6.45) is 0. The zero-order chi connectivity index (χ0) is 15.5. The molecule has 1 aromatic carbocycles. The van der Waals surface area contributed by atoms with Crippen molar-refractivity contribution in [2.75, 3.05) is 0 Å². The third-order valence-corrected chi connectivity index (χ3v) is 3.00. The number of ether oxygens (including phenoxy) is 1. The summed E-state index contributed by atoms with van der Waals surface area (Å²) in [4.78, 5) is 4.55. The lowest BCUT2D eigenvalue weighted by Crippen LogP contribution is -2.35. The van der Waals surface area contributed by atoms with Gasteiger partial charge in [0.05, 0.1) is 5.69 Å². The summed E-state index contributed by atoms with van der Waals surface area (Å²) in [5, 5.41) is 3.43. The summed E-state index contributed by atoms with van der Waals surface area (Å²) in [5.41, 5.74) is 3.43. The molecule has 0 atom stereocenters. The topological polar surface area (TPSA) is 34.1 Å². The van der Waals surface area contributed by atoms with Gasteiger partial charge in [0.25, 0.3) is 0 Å². The summed E-state index contributed by atoms with van der Waals surface area (Å²) >= 11 is 0. The van der Waals surface area contributed by atoms with Crippen molar-refractivity contribution in [3.63, 3.8) is 0 Å². The molecule has 0 aliphatic carbocycles. The molecule has 0 spiro atoms. The van der Waals surface area contributed by atoms with Crippen LogP contribution in [0.2, 0.25) is 0 Å². The van der Waals surface area contributed by atoms with Crippen LogP contribution in [0.15, 0.2) is 36.4 Å². The molecule has 2 rings (SSSR count). The SMILES string of the molecule is Cc1cc(C)cc(Oc2cccc(CNC(C)(C)C)n2)c1. The van der Waals surface area contributed by atoms with Gasteiger partial charge in [0.15, 0.2) is 0 Å². The maximum absolute atomic E-state index is 5.87. The molecule has 21 heavy (non-hydrogen) atoms. The van der Waals surface area contributed by atoms with Crippen LogP contribution in [-0.2, 0) is 6.54 Å². The molecule has 0 bridgehead atoms. The third kappa shape index (κ3) is 5.20. The van der Waals surface area contributed by atoms with E-state index in [0.717, 1.165) is 18.0 Å². The van der Waals surface area contributed by atoms with Crippen molar-refractivity contribution in [2.45, 2.75) is 46.7 Å².